The van der Waals surface area contributed by atoms with E-state index in [-0.39, 0.29) is 17.6 Å². The van der Waals surface area contributed by atoms with Gasteiger partial charge in [-0.25, -0.2) is 0 Å². The zero-order valence-corrected chi connectivity index (χ0v) is 15.3. The molecule has 0 aromatic heterocycles. The van der Waals surface area contributed by atoms with Gasteiger partial charge in [-0.1, -0.05) is 13.8 Å². The molecule has 0 spiro atoms. The lowest BCUT2D eigenvalue weighted by Gasteiger charge is -2.10. The first-order valence-corrected chi connectivity index (χ1v) is 8.66. The van der Waals surface area contributed by atoms with Crippen molar-refractivity contribution in [1.82, 2.24) is 0 Å². The number of benzene rings is 2. The number of anilines is 1. The van der Waals surface area contributed by atoms with Crippen molar-refractivity contribution in [2.24, 2.45) is 16.1 Å². The second-order valence-corrected chi connectivity index (χ2v) is 5.92. The molecule has 0 aliphatic carbocycles. The molecule has 0 bridgehead atoms. The molecule has 0 saturated carbocycles. The van der Waals surface area contributed by atoms with E-state index in [0.29, 0.717) is 24.5 Å². The third kappa shape index (κ3) is 6.50. The highest BCUT2D eigenvalue weighted by Gasteiger charge is 2.11. The Morgan fingerprint density at radius 2 is 1.67 bits per heavy atom. The Morgan fingerprint density at radius 1 is 1.11 bits per heavy atom. The van der Waals surface area contributed by atoms with Crippen molar-refractivity contribution in [3.8, 4) is 0 Å². The minimum atomic E-state index is -0.460. The second kappa shape index (κ2) is 10.0. The topological polar surface area (TPSA) is 106 Å². The number of azo groups is 1. The van der Waals surface area contributed by atoms with Crippen molar-refractivity contribution in [2.75, 3.05) is 18.5 Å². The van der Waals surface area contributed by atoms with Crippen molar-refractivity contribution in [3.63, 3.8) is 0 Å². The first-order valence-electron chi connectivity index (χ1n) is 8.66. The number of rotatable bonds is 9. The molecule has 0 amide bonds. The van der Waals surface area contributed by atoms with Crippen molar-refractivity contribution >= 4 is 28.7 Å². The van der Waals surface area contributed by atoms with Gasteiger partial charge in [0.25, 0.3) is 5.69 Å². The lowest BCUT2D eigenvalue weighted by atomic mass is 10.1. The third-order valence-corrected chi connectivity index (χ3v) is 3.90. The summed E-state index contributed by atoms with van der Waals surface area (Å²) in [5, 5.41) is 21.9. The van der Waals surface area contributed by atoms with Crippen LogP contribution in [0.1, 0.15) is 20.3 Å². The second-order valence-electron chi connectivity index (χ2n) is 5.92. The Morgan fingerprint density at radius 3 is 2.19 bits per heavy atom. The summed E-state index contributed by atoms with van der Waals surface area (Å²) in [4.78, 5) is 21.7. The van der Waals surface area contributed by atoms with E-state index >= 15 is 0 Å². The van der Waals surface area contributed by atoms with Crippen LogP contribution in [-0.4, -0.2) is 24.0 Å². The van der Waals surface area contributed by atoms with Gasteiger partial charge in [0.2, 0.25) is 0 Å². The molecule has 0 fully saturated rings. The molecular formula is C19H22N4O4. The minimum Gasteiger partial charge on any atom is -0.464 e. The van der Waals surface area contributed by atoms with Crippen LogP contribution in [0.5, 0.6) is 0 Å². The van der Waals surface area contributed by atoms with E-state index in [2.05, 4.69) is 15.5 Å². The summed E-state index contributed by atoms with van der Waals surface area (Å²) in [5.74, 6) is -0.258. The summed E-state index contributed by atoms with van der Waals surface area (Å²) in [6, 6.07) is 13.1. The maximum absolute atomic E-state index is 11.6. The molecule has 1 atom stereocenters. The SMILES string of the molecule is CCC(C)C(=O)OCCNc1ccc(N=Nc2ccc([N+](=O)[O-])cc2)cc1. The Hall–Kier alpha value is -3.29. The highest BCUT2D eigenvalue weighted by molar-refractivity contribution is 5.71. The predicted molar refractivity (Wildman–Crippen MR) is 103 cm³/mol. The fourth-order valence-corrected chi connectivity index (χ4v) is 2.06. The number of nitro groups is 1. The average molecular weight is 370 g/mol. The molecule has 2 aromatic rings. The van der Waals surface area contributed by atoms with Gasteiger partial charge < -0.3 is 10.1 Å². The van der Waals surface area contributed by atoms with Gasteiger partial charge >= 0.3 is 5.97 Å². The summed E-state index contributed by atoms with van der Waals surface area (Å²) in [6.45, 7) is 4.63. The molecule has 0 heterocycles. The number of ether oxygens (including phenoxy) is 1. The largest absolute Gasteiger partial charge is 0.464 e. The molecule has 8 nitrogen and oxygen atoms in total. The number of esters is 1. The molecule has 0 aliphatic rings. The summed E-state index contributed by atoms with van der Waals surface area (Å²) >= 11 is 0. The number of nitrogens with one attached hydrogen (secondary N) is 1. The van der Waals surface area contributed by atoms with Gasteiger partial charge in [0.15, 0.2) is 0 Å². The predicted octanol–water partition coefficient (Wildman–Crippen LogP) is 5.01. The third-order valence-electron chi connectivity index (χ3n) is 3.90. The van der Waals surface area contributed by atoms with E-state index in [9.17, 15) is 14.9 Å². The minimum absolute atomic E-state index is 0.0132. The van der Waals surface area contributed by atoms with Gasteiger partial charge in [0, 0.05) is 24.4 Å². The van der Waals surface area contributed by atoms with Crippen molar-refractivity contribution < 1.29 is 14.5 Å². The van der Waals surface area contributed by atoms with E-state index < -0.39 is 4.92 Å². The number of nitro benzene ring substituents is 1. The van der Waals surface area contributed by atoms with Crippen molar-refractivity contribution in [2.45, 2.75) is 20.3 Å². The van der Waals surface area contributed by atoms with Crippen LogP contribution in [0.15, 0.2) is 58.8 Å². The summed E-state index contributed by atoms with van der Waals surface area (Å²) in [6.07, 6.45) is 0.766. The lowest BCUT2D eigenvalue weighted by Crippen LogP contribution is -2.18. The molecular weight excluding hydrogens is 348 g/mol. The molecule has 0 saturated heterocycles. The summed E-state index contributed by atoms with van der Waals surface area (Å²) in [5.41, 5.74) is 2.08. The van der Waals surface area contributed by atoms with Crippen LogP contribution in [0.4, 0.5) is 22.7 Å². The van der Waals surface area contributed by atoms with Crippen molar-refractivity contribution in [1.29, 1.82) is 0 Å². The van der Waals surface area contributed by atoms with Gasteiger partial charge in [0.1, 0.15) is 6.61 Å². The molecule has 1 N–H and O–H groups in total. The fourth-order valence-electron chi connectivity index (χ4n) is 2.06. The number of hydrogen-bond acceptors (Lipinski definition) is 7. The quantitative estimate of drug-likeness (QED) is 0.219. The number of carbonyl (C=O) groups excluding carboxylic acids is 1. The maximum Gasteiger partial charge on any atom is 0.308 e. The number of carbonyl (C=O) groups is 1. The maximum atomic E-state index is 11.6. The first kappa shape index (κ1) is 20.0. The zero-order valence-electron chi connectivity index (χ0n) is 15.3. The van der Waals surface area contributed by atoms with Crippen LogP contribution in [-0.2, 0) is 9.53 Å². The van der Waals surface area contributed by atoms with Gasteiger partial charge in [-0.2, -0.15) is 10.2 Å². The standard InChI is InChI=1S/C19H22N4O4/c1-3-14(2)19(24)27-13-12-20-15-4-6-16(7-5-15)21-22-17-8-10-18(11-9-17)23(25)26/h4-11,14,20H,3,12-13H2,1-2H3. The van der Waals surface area contributed by atoms with E-state index in [1.165, 1.54) is 24.3 Å². The van der Waals surface area contributed by atoms with E-state index in [0.717, 1.165) is 12.1 Å². The van der Waals surface area contributed by atoms with Crippen molar-refractivity contribution in [3.05, 3.63) is 58.6 Å². The van der Waals surface area contributed by atoms with Gasteiger partial charge in [-0.05, 0) is 42.8 Å². The van der Waals surface area contributed by atoms with E-state index in [1.807, 2.05) is 26.0 Å². The Balaban J connectivity index is 1.80. The normalized spacial score (nSPS) is 11.9. The molecule has 8 heteroatoms. The van der Waals surface area contributed by atoms with Gasteiger partial charge in [0.05, 0.1) is 22.2 Å². The molecule has 0 radical (unpaired) electrons. The molecule has 2 aromatic carbocycles. The highest BCUT2D eigenvalue weighted by atomic mass is 16.6. The van der Waals surface area contributed by atoms with Crippen LogP contribution < -0.4 is 5.32 Å². The smallest absolute Gasteiger partial charge is 0.308 e. The average Bonchev–Trinajstić information content (AvgIpc) is 2.70. The monoisotopic (exact) mass is 370 g/mol. The molecule has 27 heavy (non-hydrogen) atoms. The van der Waals surface area contributed by atoms with Gasteiger partial charge in [-0.15, -0.1) is 0 Å². The van der Waals surface area contributed by atoms with Gasteiger partial charge in [-0.3, -0.25) is 14.9 Å². The Labute approximate surface area is 157 Å². The lowest BCUT2D eigenvalue weighted by molar-refractivity contribution is -0.384. The Bertz CT molecular complexity index is 788. The van der Waals surface area contributed by atoms with E-state index in [1.54, 1.807) is 12.1 Å². The highest BCUT2D eigenvalue weighted by Crippen LogP contribution is 2.22. The van der Waals surface area contributed by atoms with Crippen LogP contribution in [0.2, 0.25) is 0 Å². The fraction of sp³-hybridized carbons (Fsp3) is 0.316. The van der Waals surface area contributed by atoms with Crippen LogP contribution in [0, 0.1) is 16.0 Å². The number of hydrogen-bond donors (Lipinski definition) is 1. The molecule has 142 valence electrons. The van der Waals surface area contributed by atoms with Crippen LogP contribution >= 0.6 is 0 Å². The number of nitrogens with zero attached hydrogens (tertiary/aromatic N) is 3. The Kier molecular flexibility index (Phi) is 7.42. The zero-order chi connectivity index (χ0) is 19.6. The molecule has 2 rings (SSSR count). The number of non-ortho nitro benzene ring substituents is 1. The summed E-state index contributed by atoms with van der Waals surface area (Å²) in [7, 11) is 0. The first-order chi connectivity index (χ1) is 13.0. The molecule has 0 aliphatic heterocycles. The van der Waals surface area contributed by atoms with Crippen LogP contribution in [0.3, 0.4) is 0 Å². The van der Waals surface area contributed by atoms with E-state index in [4.69, 9.17) is 4.74 Å². The molecule has 1 unspecified atom stereocenters. The summed E-state index contributed by atoms with van der Waals surface area (Å²) < 4.78 is 5.17. The van der Waals surface area contributed by atoms with Crippen LogP contribution in [0.25, 0.3) is 0 Å².